The van der Waals surface area contributed by atoms with Gasteiger partial charge in [-0.05, 0) is 38.0 Å². The molecule has 130 valence electrons. The molecule has 3 rings (SSSR count). The van der Waals surface area contributed by atoms with Crippen molar-refractivity contribution in [2.45, 2.75) is 31.3 Å². The minimum absolute atomic E-state index is 0.145. The molecule has 2 heterocycles. The number of benzene rings is 1. The highest BCUT2D eigenvalue weighted by Crippen LogP contribution is 2.45. The van der Waals surface area contributed by atoms with E-state index in [2.05, 4.69) is 0 Å². The average molecular weight is 355 g/mol. The molecule has 0 saturated carbocycles. The number of nitrogens with zero attached hydrogens (tertiary/aromatic N) is 2. The van der Waals surface area contributed by atoms with Crippen molar-refractivity contribution in [2.24, 2.45) is 5.73 Å². The zero-order chi connectivity index (χ0) is 17.7. The maximum Gasteiger partial charge on any atom is 0.407 e. The van der Waals surface area contributed by atoms with Gasteiger partial charge in [0.15, 0.2) is 0 Å². The van der Waals surface area contributed by atoms with Crippen LogP contribution in [-0.2, 0) is 10.0 Å². The maximum absolute atomic E-state index is 13.6. The maximum atomic E-state index is 13.6. The van der Waals surface area contributed by atoms with Crippen molar-refractivity contribution in [3.8, 4) is 0 Å². The minimum atomic E-state index is -3.86. The highest BCUT2D eigenvalue weighted by Gasteiger charge is 2.54. The first-order chi connectivity index (χ1) is 11.2. The third kappa shape index (κ3) is 2.39. The number of nitrogens with two attached hydrogens (primary N) is 1. The Morgan fingerprint density at radius 1 is 1.46 bits per heavy atom. The number of carboxylic acid groups (broad SMARTS) is 1. The molecular formula is C15H18FN3O4S. The van der Waals surface area contributed by atoms with Crippen LogP contribution in [0.2, 0.25) is 0 Å². The van der Waals surface area contributed by atoms with E-state index in [1.54, 1.807) is 6.92 Å². The molecule has 9 heteroatoms. The van der Waals surface area contributed by atoms with Crippen molar-refractivity contribution in [1.29, 1.82) is 0 Å². The smallest absolute Gasteiger partial charge is 0.407 e. The summed E-state index contributed by atoms with van der Waals surface area (Å²) in [5.41, 5.74) is 5.32. The predicted octanol–water partition coefficient (Wildman–Crippen LogP) is 1.68. The quantitative estimate of drug-likeness (QED) is 0.797. The summed E-state index contributed by atoms with van der Waals surface area (Å²) in [6.07, 6.45) is -0.642. The van der Waals surface area contributed by atoms with Crippen LogP contribution in [0.1, 0.15) is 19.8 Å². The van der Waals surface area contributed by atoms with Crippen molar-refractivity contribution in [2.75, 3.05) is 10.8 Å². The summed E-state index contributed by atoms with van der Waals surface area (Å²) < 4.78 is 39.9. The van der Waals surface area contributed by atoms with Crippen molar-refractivity contribution in [1.82, 2.24) is 4.90 Å². The number of halogens is 1. The van der Waals surface area contributed by atoms with E-state index in [0.717, 1.165) is 15.8 Å². The van der Waals surface area contributed by atoms with Crippen molar-refractivity contribution >= 4 is 21.8 Å². The minimum Gasteiger partial charge on any atom is -0.465 e. The number of hydrogen-bond acceptors (Lipinski definition) is 4. The van der Waals surface area contributed by atoms with Gasteiger partial charge in [0.1, 0.15) is 5.82 Å². The number of carbonyl (C=O) groups is 1. The van der Waals surface area contributed by atoms with Gasteiger partial charge in [0.2, 0.25) is 0 Å². The Morgan fingerprint density at radius 2 is 2.17 bits per heavy atom. The normalized spacial score (nSPS) is 28.9. The van der Waals surface area contributed by atoms with E-state index in [-0.39, 0.29) is 30.8 Å². The highest BCUT2D eigenvalue weighted by molar-refractivity contribution is 7.96. The van der Waals surface area contributed by atoms with Gasteiger partial charge in [0.25, 0.3) is 10.0 Å². The Kier molecular flexibility index (Phi) is 3.71. The van der Waals surface area contributed by atoms with E-state index in [1.165, 1.54) is 23.1 Å². The standard InChI is InChI=1S/C15H18FN3O4S/c1-10-8-15(5-6-18(10)14(20)21)13(17)9-24(22,23)19(15)12-4-2-3-11(16)7-12/h2-4,7,9-10H,5-6,8,17H2,1H3,(H,20,21)/t10-,15+/m0/s1. The van der Waals surface area contributed by atoms with Crippen LogP contribution < -0.4 is 10.0 Å². The average Bonchev–Trinajstić information content (AvgIpc) is 2.64. The third-order valence-electron chi connectivity index (χ3n) is 4.68. The molecule has 0 unspecified atom stereocenters. The lowest BCUT2D eigenvalue weighted by molar-refractivity contribution is 0.0960. The zero-order valence-corrected chi connectivity index (χ0v) is 13.8. The lowest BCUT2D eigenvalue weighted by atomic mass is 9.81. The van der Waals surface area contributed by atoms with Crippen LogP contribution in [0.3, 0.4) is 0 Å². The van der Waals surface area contributed by atoms with Crippen LogP contribution in [0.25, 0.3) is 0 Å². The number of rotatable bonds is 1. The predicted molar refractivity (Wildman–Crippen MR) is 86.2 cm³/mol. The lowest BCUT2D eigenvalue weighted by Crippen LogP contribution is -2.59. The van der Waals surface area contributed by atoms with Crippen LogP contribution in [-0.4, -0.2) is 42.6 Å². The molecule has 0 aromatic heterocycles. The van der Waals surface area contributed by atoms with Crippen molar-refractivity contribution in [3.05, 3.63) is 41.2 Å². The van der Waals surface area contributed by atoms with E-state index in [1.807, 2.05) is 0 Å². The van der Waals surface area contributed by atoms with E-state index in [9.17, 15) is 22.7 Å². The van der Waals surface area contributed by atoms with Gasteiger partial charge < -0.3 is 15.7 Å². The summed E-state index contributed by atoms with van der Waals surface area (Å²) in [5, 5.41) is 10.2. The van der Waals surface area contributed by atoms with Gasteiger partial charge >= 0.3 is 6.09 Å². The monoisotopic (exact) mass is 355 g/mol. The van der Waals surface area contributed by atoms with Gasteiger partial charge in [0.05, 0.1) is 16.6 Å². The van der Waals surface area contributed by atoms with E-state index in [4.69, 9.17) is 5.73 Å². The van der Waals surface area contributed by atoms with Gasteiger partial charge in [-0.25, -0.2) is 17.6 Å². The Morgan fingerprint density at radius 3 is 2.75 bits per heavy atom. The number of likely N-dealkylation sites (tertiary alicyclic amines) is 1. The fraction of sp³-hybridized carbons (Fsp3) is 0.400. The molecule has 0 bridgehead atoms. The molecular weight excluding hydrogens is 337 g/mol. The van der Waals surface area contributed by atoms with E-state index in [0.29, 0.717) is 0 Å². The number of amides is 1. The summed E-state index contributed by atoms with van der Waals surface area (Å²) in [7, 11) is -3.86. The molecule has 2 atom stereocenters. The molecule has 1 fully saturated rings. The zero-order valence-electron chi connectivity index (χ0n) is 13.0. The van der Waals surface area contributed by atoms with Crippen molar-refractivity contribution in [3.63, 3.8) is 0 Å². The molecule has 7 nitrogen and oxygen atoms in total. The molecule has 2 aliphatic rings. The second-order valence-electron chi connectivity index (χ2n) is 6.17. The molecule has 0 aliphatic carbocycles. The SMILES string of the molecule is C[C@H]1C[C@]2(CCN1C(=O)O)C(N)=CS(=O)(=O)N2c1cccc(F)c1. The first-order valence-corrected chi connectivity index (χ1v) is 8.96. The fourth-order valence-electron chi connectivity index (χ4n) is 3.64. The third-order valence-corrected chi connectivity index (χ3v) is 6.30. The number of piperidine rings is 1. The fourth-order valence-corrected chi connectivity index (χ4v) is 5.45. The Labute approximate surface area is 139 Å². The summed E-state index contributed by atoms with van der Waals surface area (Å²) in [6.45, 7) is 1.85. The first-order valence-electron chi connectivity index (χ1n) is 7.45. The Bertz CT molecular complexity index is 826. The highest BCUT2D eigenvalue weighted by atomic mass is 32.2. The molecule has 1 spiro atoms. The van der Waals surface area contributed by atoms with E-state index >= 15 is 0 Å². The summed E-state index contributed by atoms with van der Waals surface area (Å²) in [5.74, 6) is -0.556. The van der Waals surface area contributed by atoms with Gasteiger partial charge in [0, 0.05) is 18.3 Å². The number of hydrogen-bond donors (Lipinski definition) is 2. The molecule has 1 aromatic rings. The second-order valence-corrected chi connectivity index (χ2v) is 7.80. The number of sulfonamides is 1. The summed E-state index contributed by atoms with van der Waals surface area (Å²) >= 11 is 0. The van der Waals surface area contributed by atoms with Crippen LogP contribution in [0, 0.1) is 5.82 Å². The van der Waals surface area contributed by atoms with Crippen molar-refractivity contribution < 1.29 is 22.7 Å². The summed E-state index contributed by atoms with van der Waals surface area (Å²) in [6, 6.07) is 4.87. The van der Waals surface area contributed by atoms with Crippen LogP contribution in [0.15, 0.2) is 35.4 Å². The van der Waals surface area contributed by atoms with Gasteiger partial charge in [-0.2, -0.15) is 0 Å². The van der Waals surface area contributed by atoms with Crippen LogP contribution in [0.5, 0.6) is 0 Å². The lowest BCUT2D eigenvalue weighted by Gasteiger charge is -2.47. The largest absolute Gasteiger partial charge is 0.465 e. The van der Waals surface area contributed by atoms with E-state index < -0.39 is 33.5 Å². The first kappa shape index (κ1) is 16.6. The molecule has 24 heavy (non-hydrogen) atoms. The Hall–Kier alpha value is -2.29. The topological polar surface area (TPSA) is 104 Å². The van der Waals surface area contributed by atoms with Gasteiger partial charge in [-0.15, -0.1) is 0 Å². The molecule has 3 N–H and O–H groups in total. The molecule has 0 radical (unpaired) electrons. The molecule has 2 aliphatic heterocycles. The second kappa shape index (κ2) is 5.37. The molecule has 1 saturated heterocycles. The molecule has 1 aromatic carbocycles. The summed E-state index contributed by atoms with van der Waals surface area (Å²) in [4.78, 5) is 12.5. The molecule has 1 amide bonds. The number of anilines is 1. The Balaban J connectivity index is 2.08. The van der Waals surface area contributed by atoms with Crippen LogP contribution >= 0.6 is 0 Å². The van der Waals surface area contributed by atoms with Gasteiger partial charge in [-0.1, -0.05) is 6.07 Å². The van der Waals surface area contributed by atoms with Crippen LogP contribution in [0.4, 0.5) is 14.9 Å². The van der Waals surface area contributed by atoms with Gasteiger partial charge in [-0.3, -0.25) is 4.31 Å².